The van der Waals surface area contributed by atoms with Gasteiger partial charge in [-0.05, 0) is 127 Å². The number of hydrogen-bond donors (Lipinski definition) is 0. The van der Waals surface area contributed by atoms with Crippen molar-refractivity contribution in [1.29, 1.82) is 0 Å². The van der Waals surface area contributed by atoms with Crippen molar-refractivity contribution in [2.75, 3.05) is 0 Å². The molecule has 0 spiro atoms. The predicted octanol–water partition coefficient (Wildman–Crippen LogP) is 28.5. The Morgan fingerprint density at radius 1 is 0.225 bits per heavy atom. The fraction of sp³-hybridized carbons (Fsp3) is 0.222. The second-order valence-electron chi connectivity index (χ2n) is 33.1. The molecule has 0 atom stereocenters. The maximum atomic E-state index is 4.78. The summed E-state index contributed by atoms with van der Waals surface area (Å²) in [5, 5.41) is 5.05. The van der Waals surface area contributed by atoms with Gasteiger partial charge in [-0.1, -0.05) is 256 Å². The Morgan fingerprint density at radius 2 is 0.442 bits per heavy atom. The molecule has 0 aliphatic carbocycles. The number of nitrogens with zero attached hydrogens (tertiary/aromatic N) is 10. The Labute approximate surface area is 736 Å². The van der Waals surface area contributed by atoms with Crippen LogP contribution in [0.2, 0.25) is 0 Å². The van der Waals surface area contributed by atoms with Gasteiger partial charge in [-0.3, -0.25) is 19.9 Å². The molecule has 18 rings (SSSR count). The summed E-state index contributed by atoms with van der Waals surface area (Å²) >= 11 is 0. The standard InChI is InChI=1S/2C33H30N3.2C21H23N2.2Ir/c2*1-22(2)26-12-9-13-27(23(3)4)32(26)35-21-20-34-33(35)24-16-18-25(19-17-24)36-30-14-7-5-10-28(30)29-11-6-8-15-31(29)36;2*1-15(2)18-11-8-12-19(16(3)4)20(18)23-14-13-22-21(23)17-9-6-5-7-10-17;;/h2*5-16,18-23H,1-4H3;2*5-9,11-16H,1-4H3;;/q4*-1;;. The van der Waals surface area contributed by atoms with Gasteiger partial charge in [0.15, 0.2) is 0 Å². The fourth-order valence-electron chi connectivity index (χ4n) is 16.7. The number of imidazole rings is 4. The number of rotatable bonds is 18. The normalized spacial score (nSPS) is 11.5. The van der Waals surface area contributed by atoms with Gasteiger partial charge in [0.25, 0.3) is 0 Å². The quantitative estimate of drug-likeness (QED) is 0.0802. The van der Waals surface area contributed by atoms with Crippen LogP contribution >= 0.6 is 0 Å². The third-order valence-electron chi connectivity index (χ3n) is 22.5. The van der Waals surface area contributed by atoms with Gasteiger partial charge in [0, 0.05) is 156 Å². The molecule has 0 saturated heterocycles. The summed E-state index contributed by atoms with van der Waals surface area (Å²) in [6.45, 7) is 36.0. The van der Waals surface area contributed by atoms with E-state index in [1.54, 1.807) is 0 Å². The van der Waals surface area contributed by atoms with Crippen LogP contribution in [0.25, 0.3) is 123 Å². The third-order valence-corrected chi connectivity index (χ3v) is 22.5. The van der Waals surface area contributed by atoms with Crippen molar-refractivity contribution in [1.82, 2.24) is 47.3 Å². The van der Waals surface area contributed by atoms with Gasteiger partial charge in [-0.25, -0.2) is 0 Å². The van der Waals surface area contributed by atoms with Crippen molar-refractivity contribution in [3.8, 4) is 79.7 Å². The van der Waals surface area contributed by atoms with Crippen molar-refractivity contribution in [2.45, 2.75) is 158 Å². The van der Waals surface area contributed by atoms with Gasteiger partial charge in [-0.2, -0.15) is 0 Å². The largest absolute Gasteiger partial charge is 0.351 e. The molecule has 0 saturated carbocycles. The van der Waals surface area contributed by atoms with Gasteiger partial charge >= 0.3 is 0 Å². The topological polar surface area (TPSA) is 81.1 Å². The van der Waals surface area contributed by atoms with Crippen molar-refractivity contribution in [3.05, 3.63) is 373 Å². The van der Waals surface area contributed by atoms with Crippen LogP contribution in [0.3, 0.4) is 0 Å². The second kappa shape index (κ2) is 38.2. The average Bonchev–Trinajstić information content (AvgIpc) is 1.59. The van der Waals surface area contributed by atoms with E-state index in [0.717, 1.165) is 56.9 Å². The van der Waals surface area contributed by atoms with Crippen LogP contribution < -0.4 is 0 Å². The number of benzene rings is 12. The zero-order valence-corrected chi connectivity index (χ0v) is 76.4. The van der Waals surface area contributed by atoms with E-state index in [1.807, 2.05) is 61.2 Å². The molecule has 0 aliphatic heterocycles. The van der Waals surface area contributed by atoms with E-state index < -0.39 is 0 Å². The second-order valence-corrected chi connectivity index (χ2v) is 33.1. The smallest absolute Gasteiger partial charge is 0.0602 e. The van der Waals surface area contributed by atoms with E-state index in [1.165, 1.54) is 111 Å². The Bertz CT molecular complexity index is 5850. The summed E-state index contributed by atoms with van der Waals surface area (Å²) in [5.41, 5.74) is 26.8. The molecule has 6 aromatic heterocycles. The molecule has 610 valence electrons. The molecule has 18 aromatic rings. The summed E-state index contributed by atoms with van der Waals surface area (Å²) in [4.78, 5) is 18.8. The average molecular weight is 1930 g/mol. The maximum Gasteiger partial charge on any atom is 0.0602 e. The third kappa shape index (κ3) is 17.4. The minimum atomic E-state index is 0. The van der Waals surface area contributed by atoms with E-state index >= 15 is 0 Å². The van der Waals surface area contributed by atoms with E-state index in [2.05, 4.69) is 416 Å². The van der Waals surface area contributed by atoms with Crippen molar-refractivity contribution < 1.29 is 40.2 Å². The van der Waals surface area contributed by atoms with Crippen molar-refractivity contribution in [2.24, 2.45) is 0 Å². The zero-order chi connectivity index (χ0) is 82.4. The van der Waals surface area contributed by atoms with Crippen LogP contribution in [0, 0.1) is 24.3 Å². The first-order valence-electron chi connectivity index (χ1n) is 41.9. The van der Waals surface area contributed by atoms with Gasteiger partial charge in [0.1, 0.15) is 0 Å². The Hall–Kier alpha value is -11.6. The molecule has 12 heteroatoms. The summed E-state index contributed by atoms with van der Waals surface area (Å²) < 4.78 is 13.6. The van der Waals surface area contributed by atoms with Gasteiger partial charge in [-0.15, -0.1) is 131 Å². The first kappa shape index (κ1) is 86.2. The monoisotopic (exact) mass is 1930 g/mol. The van der Waals surface area contributed by atoms with Crippen LogP contribution in [0.4, 0.5) is 0 Å². The molecule has 2 radical (unpaired) electrons. The maximum absolute atomic E-state index is 4.78. The van der Waals surface area contributed by atoms with Crippen LogP contribution in [0.15, 0.2) is 304 Å². The van der Waals surface area contributed by atoms with Gasteiger partial charge < -0.3 is 27.4 Å². The summed E-state index contributed by atoms with van der Waals surface area (Å²) in [5.74, 6) is 7.20. The summed E-state index contributed by atoms with van der Waals surface area (Å²) in [6, 6.07) is 103. The van der Waals surface area contributed by atoms with Crippen LogP contribution in [-0.4, -0.2) is 47.3 Å². The molecule has 120 heavy (non-hydrogen) atoms. The molecule has 0 N–H and O–H groups in total. The number of para-hydroxylation sites is 8. The minimum Gasteiger partial charge on any atom is -0.351 e. The van der Waals surface area contributed by atoms with Crippen LogP contribution in [0.5, 0.6) is 0 Å². The molecule has 12 aromatic carbocycles. The first-order chi connectivity index (χ1) is 57.3. The first-order valence-corrected chi connectivity index (χ1v) is 41.9. The Balaban J connectivity index is 0.000000141. The molecule has 0 amide bonds. The Morgan fingerprint density at radius 3 is 0.642 bits per heavy atom. The number of aromatic nitrogens is 10. The van der Waals surface area contributed by atoms with Crippen molar-refractivity contribution >= 4 is 43.6 Å². The van der Waals surface area contributed by atoms with Gasteiger partial charge in [0.2, 0.25) is 0 Å². The predicted molar refractivity (Wildman–Crippen MR) is 493 cm³/mol. The van der Waals surface area contributed by atoms with Crippen LogP contribution in [-0.2, 0) is 40.2 Å². The van der Waals surface area contributed by atoms with E-state index in [-0.39, 0.29) is 40.2 Å². The molecule has 0 bridgehead atoms. The van der Waals surface area contributed by atoms with E-state index in [9.17, 15) is 0 Å². The molecular weight excluding hydrogens is 1820 g/mol. The molecule has 0 aliphatic rings. The number of hydrogen-bond acceptors (Lipinski definition) is 4. The fourth-order valence-corrected chi connectivity index (χ4v) is 16.7. The molecule has 6 heterocycles. The molecule has 0 unspecified atom stereocenters. The van der Waals surface area contributed by atoms with Gasteiger partial charge in [0.05, 0.1) is 23.3 Å². The van der Waals surface area contributed by atoms with E-state index in [4.69, 9.17) is 9.97 Å². The molecule has 0 fully saturated rings. The van der Waals surface area contributed by atoms with Crippen molar-refractivity contribution in [3.63, 3.8) is 0 Å². The molecular formula is C108H106Ir2N10-4. The zero-order valence-electron chi connectivity index (χ0n) is 71.6. The Kier molecular flexibility index (Phi) is 27.4. The SMILES string of the molecule is CC(C)c1cccc(C(C)C)c1-n1ccnc1-c1[c-]cc(-n2c3ccccc3c3ccccc32)cc1.CC(C)c1cccc(C(C)C)c1-n1ccnc1-c1[c-]cc(-n2c3ccccc3c3ccccc32)cc1.CC(C)c1cccc(C(C)C)c1-n1ccnc1-c1[c-]cccc1.CC(C)c1cccc(C(C)C)c1-n1ccnc1-c1[c-]cccc1.[Ir].[Ir]. The number of fused-ring (bicyclic) bond motifs is 6. The molecule has 10 nitrogen and oxygen atoms in total. The minimum absolute atomic E-state index is 0. The van der Waals surface area contributed by atoms with Crippen LogP contribution in [0.1, 0.15) is 203 Å². The summed E-state index contributed by atoms with van der Waals surface area (Å²) in [7, 11) is 0. The van der Waals surface area contributed by atoms with E-state index in [0.29, 0.717) is 47.3 Å². The summed E-state index contributed by atoms with van der Waals surface area (Å²) in [6.07, 6.45) is 15.8.